The smallest absolute Gasteiger partial charge is 0.438 e. The van der Waals surface area contributed by atoms with E-state index in [0.29, 0.717) is 19.6 Å². The van der Waals surface area contributed by atoms with E-state index in [1.165, 1.54) is 7.11 Å². The standard InChI is InChI=1S/C13H24O6/c1-4-8-11(19-12(14)16-3)9-6-7-10-18-13(15)17-5-2/h11H,4-10H2,1-3H3. The van der Waals surface area contributed by atoms with E-state index in [2.05, 4.69) is 9.47 Å². The van der Waals surface area contributed by atoms with E-state index in [1.54, 1.807) is 6.92 Å². The molecule has 6 heteroatoms. The summed E-state index contributed by atoms with van der Waals surface area (Å²) in [5, 5.41) is 0. The Morgan fingerprint density at radius 2 is 1.74 bits per heavy atom. The molecule has 112 valence electrons. The molecule has 0 saturated carbocycles. The van der Waals surface area contributed by atoms with Crippen molar-refractivity contribution < 1.29 is 28.5 Å². The zero-order valence-electron chi connectivity index (χ0n) is 12.0. The molecule has 0 saturated heterocycles. The Hall–Kier alpha value is -1.46. The van der Waals surface area contributed by atoms with Crippen LogP contribution in [0.4, 0.5) is 9.59 Å². The number of hydrogen-bond donors (Lipinski definition) is 0. The summed E-state index contributed by atoms with van der Waals surface area (Å²) in [6.07, 6.45) is 2.55. The summed E-state index contributed by atoms with van der Waals surface area (Å²) >= 11 is 0. The molecule has 0 aromatic carbocycles. The summed E-state index contributed by atoms with van der Waals surface area (Å²) < 4.78 is 19.0. The van der Waals surface area contributed by atoms with Crippen molar-refractivity contribution in [2.75, 3.05) is 20.3 Å². The van der Waals surface area contributed by atoms with Crippen LogP contribution in [-0.2, 0) is 18.9 Å². The van der Waals surface area contributed by atoms with E-state index in [0.717, 1.165) is 25.7 Å². The lowest BCUT2D eigenvalue weighted by molar-refractivity contribution is 0.0281. The van der Waals surface area contributed by atoms with Gasteiger partial charge < -0.3 is 18.9 Å². The van der Waals surface area contributed by atoms with Crippen molar-refractivity contribution in [2.45, 2.75) is 52.1 Å². The summed E-state index contributed by atoms with van der Waals surface area (Å²) in [6, 6.07) is 0. The SMILES string of the molecule is CCCC(CCCCOC(=O)OCC)OC(=O)OC. The van der Waals surface area contributed by atoms with E-state index >= 15 is 0 Å². The number of ether oxygens (including phenoxy) is 4. The maximum Gasteiger partial charge on any atom is 0.508 e. The minimum Gasteiger partial charge on any atom is -0.438 e. The second kappa shape index (κ2) is 11.6. The fourth-order valence-corrected chi connectivity index (χ4v) is 1.56. The second-order valence-electron chi connectivity index (χ2n) is 4.01. The number of carbonyl (C=O) groups excluding carboxylic acids is 2. The number of rotatable bonds is 9. The highest BCUT2D eigenvalue weighted by Crippen LogP contribution is 2.12. The molecule has 0 aromatic heterocycles. The molecule has 0 bridgehead atoms. The van der Waals surface area contributed by atoms with Crippen LogP contribution >= 0.6 is 0 Å². The monoisotopic (exact) mass is 276 g/mol. The first-order chi connectivity index (χ1) is 9.13. The van der Waals surface area contributed by atoms with Crippen LogP contribution in [-0.4, -0.2) is 38.7 Å². The Kier molecular flexibility index (Phi) is 10.7. The molecule has 0 aliphatic heterocycles. The van der Waals surface area contributed by atoms with Crippen LogP contribution in [0.5, 0.6) is 0 Å². The molecule has 0 spiro atoms. The van der Waals surface area contributed by atoms with Crippen molar-refractivity contribution in [3.8, 4) is 0 Å². The lowest BCUT2D eigenvalue weighted by atomic mass is 10.1. The van der Waals surface area contributed by atoms with Gasteiger partial charge in [0.2, 0.25) is 0 Å². The molecule has 0 heterocycles. The summed E-state index contributed by atoms with van der Waals surface area (Å²) in [5.74, 6) is 0. The first-order valence-electron chi connectivity index (χ1n) is 6.68. The van der Waals surface area contributed by atoms with Crippen molar-refractivity contribution in [1.82, 2.24) is 0 Å². The largest absolute Gasteiger partial charge is 0.508 e. The van der Waals surface area contributed by atoms with Gasteiger partial charge >= 0.3 is 12.3 Å². The van der Waals surface area contributed by atoms with Gasteiger partial charge in [0.25, 0.3) is 0 Å². The van der Waals surface area contributed by atoms with Gasteiger partial charge in [-0.3, -0.25) is 0 Å². The molecule has 1 unspecified atom stereocenters. The first-order valence-corrected chi connectivity index (χ1v) is 6.68. The molecule has 0 aliphatic rings. The Bertz CT molecular complexity index is 254. The van der Waals surface area contributed by atoms with Gasteiger partial charge in [0.1, 0.15) is 6.10 Å². The highest BCUT2D eigenvalue weighted by molar-refractivity contribution is 5.60. The fraction of sp³-hybridized carbons (Fsp3) is 0.846. The molecule has 0 aromatic rings. The molecule has 0 amide bonds. The fourth-order valence-electron chi connectivity index (χ4n) is 1.56. The number of unbranched alkanes of at least 4 members (excludes halogenated alkanes) is 1. The maximum absolute atomic E-state index is 11.0. The first kappa shape index (κ1) is 17.5. The third-order valence-corrected chi connectivity index (χ3v) is 2.44. The van der Waals surface area contributed by atoms with Crippen LogP contribution in [0.3, 0.4) is 0 Å². The minimum atomic E-state index is -0.652. The lowest BCUT2D eigenvalue weighted by Crippen LogP contribution is -2.18. The Balaban J connectivity index is 3.69. The summed E-state index contributed by atoms with van der Waals surface area (Å²) in [6.45, 7) is 4.37. The molecule has 6 nitrogen and oxygen atoms in total. The van der Waals surface area contributed by atoms with Crippen LogP contribution < -0.4 is 0 Å². The van der Waals surface area contributed by atoms with Gasteiger partial charge in [-0.05, 0) is 32.6 Å². The highest BCUT2D eigenvalue weighted by atomic mass is 16.7. The molecular weight excluding hydrogens is 252 g/mol. The van der Waals surface area contributed by atoms with Crippen LogP contribution in [0, 0.1) is 0 Å². The van der Waals surface area contributed by atoms with Crippen molar-refractivity contribution in [3.05, 3.63) is 0 Å². The molecule has 1 atom stereocenters. The zero-order chi connectivity index (χ0) is 14.5. The Morgan fingerprint density at radius 3 is 2.32 bits per heavy atom. The molecule has 0 fully saturated rings. The van der Waals surface area contributed by atoms with E-state index in [9.17, 15) is 9.59 Å². The average Bonchev–Trinajstić information content (AvgIpc) is 2.38. The minimum absolute atomic E-state index is 0.139. The van der Waals surface area contributed by atoms with Crippen LogP contribution in [0.2, 0.25) is 0 Å². The topological polar surface area (TPSA) is 71.1 Å². The Morgan fingerprint density at radius 1 is 1.00 bits per heavy atom. The summed E-state index contributed by atoms with van der Waals surface area (Å²) in [7, 11) is 1.29. The van der Waals surface area contributed by atoms with Crippen LogP contribution in [0.25, 0.3) is 0 Å². The predicted molar refractivity (Wildman–Crippen MR) is 69.0 cm³/mol. The normalized spacial score (nSPS) is 11.5. The van der Waals surface area contributed by atoms with E-state index < -0.39 is 12.3 Å². The third-order valence-electron chi connectivity index (χ3n) is 2.44. The molecule has 0 radical (unpaired) electrons. The molecule has 19 heavy (non-hydrogen) atoms. The van der Waals surface area contributed by atoms with Gasteiger partial charge in [0.15, 0.2) is 0 Å². The average molecular weight is 276 g/mol. The predicted octanol–water partition coefficient (Wildman–Crippen LogP) is 3.28. The van der Waals surface area contributed by atoms with Gasteiger partial charge in [0.05, 0.1) is 20.3 Å². The number of carbonyl (C=O) groups is 2. The molecular formula is C13H24O6. The van der Waals surface area contributed by atoms with Crippen molar-refractivity contribution in [1.29, 1.82) is 0 Å². The van der Waals surface area contributed by atoms with Crippen LogP contribution in [0.1, 0.15) is 46.0 Å². The quantitative estimate of drug-likeness (QED) is 0.475. The van der Waals surface area contributed by atoms with Gasteiger partial charge in [0, 0.05) is 0 Å². The Labute approximate surface area is 114 Å². The van der Waals surface area contributed by atoms with Crippen LogP contribution in [0.15, 0.2) is 0 Å². The van der Waals surface area contributed by atoms with Crippen molar-refractivity contribution in [3.63, 3.8) is 0 Å². The van der Waals surface area contributed by atoms with E-state index in [1.807, 2.05) is 6.92 Å². The van der Waals surface area contributed by atoms with Gasteiger partial charge in [-0.2, -0.15) is 0 Å². The highest BCUT2D eigenvalue weighted by Gasteiger charge is 2.13. The van der Waals surface area contributed by atoms with E-state index in [4.69, 9.17) is 9.47 Å². The number of hydrogen-bond acceptors (Lipinski definition) is 6. The number of methoxy groups -OCH3 is 1. The molecule has 0 N–H and O–H groups in total. The summed E-state index contributed by atoms with van der Waals surface area (Å²) in [5.41, 5.74) is 0. The lowest BCUT2D eigenvalue weighted by Gasteiger charge is -2.16. The second-order valence-corrected chi connectivity index (χ2v) is 4.01. The molecule has 0 aliphatic carbocycles. The molecule has 0 rings (SSSR count). The van der Waals surface area contributed by atoms with Gasteiger partial charge in [-0.1, -0.05) is 13.3 Å². The van der Waals surface area contributed by atoms with Crippen molar-refractivity contribution in [2.24, 2.45) is 0 Å². The van der Waals surface area contributed by atoms with E-state index in [-0.39, 0.29) is 6.10 Å². The third kappa shape index (κ3) is 10.2. The summed E-state index contributed by atoms with van der Waals surface area (Å²) in [4.78, 5) is 21.9. The zero-order valence-corrected chi connectivity index (χ0v) is 12.0. The van der Waals surface area contributed by atoms with Crippen molar-refractivity contribution >= 4 is 12.3 Å². The maximum atomic E-state index is 11.0. The van der Waals surface area contributed by atoms with Gasteiger partial charge in [-0.25, -0.2) is 9.59 Å². The van der Waals surface area contributed by atoms with Gasteiger partial charge in [-0.15, -0.1) is 0 Å².